The van der Waals surface area contributed by atoms with E-state index < -0.39 is 23.9 Å². The quantitative estimate of drug-likeness (QED) is 0.483. The lowest BCUT2D eigenvalue weighted by Crippen LogP contribution is -2.38. The molecule has 0 spiro atoms. The highest BCUT2D eigenvalue weighted by atomic mass is 35.5. The van der Waals surface area contributed by atoms with Crippen molar-refractivity contribution in [1.29, 1.82) is 0 Å². The SMILES string of the molecule is O=C1CC(C(=O)C[C@@H]2CC[C@@H](C(=O)CCc3ccc(C(F)(F)F)cc3)OC2)Oc2ccc(Cl)cc21. The van der Waals surface area contributed by atoms with Gasteiger partial charge in [-0.25, -0.2) is 0 Å². The monoisotopic (exact) mass is 508 g/mol. The molecule has 0 aliphatic carbocycles. The van der Waals surface area contributed by atoms with Crippen LogP contribution in [0.1, 0.15) is 53.6 Å². The van der Waals surface area contributed by atoms with E-state index in [0.717, 1.165) is 12.1 Å². The second-order valence-electron chi connectivity index (χ2n) is 8.97. The Kier molecular flexibility index (Phi) is 7.62. The predicted octanol–water partition coefficient (Wildman–Crippen LogP) is 5.65. The summed E-state index contributed by atoms with van der Waals surface area (Å²) in [5, 5.41) is 0.424. The number of rotatable bonds is 7. The number of hydrogen-bond acceptors (Lipinski definition) is 5. The maximum atomic E-state index is 12.8. The van der Waals surface area contributed by atoms with Crippen LogP contribution in [0.25, 0.3) is 0 Å². The minimum atomic E-state index is -4.39. The van der Waals surface area contributed by atoms with Crippen molar-refractivity contribution in [3.8, 4) is 5.75 Å². The Labute approximate surface area is 205 Å². The summed E-state index contributed by atoms with van der Waals surface area (Å²) in [7, 11) is 0. The maximum Gasteiger partial charge on any atom is 0.416 e. The van der Waals surface area contributed by atoms with E-state index >= 15 is 0 Å². The molecule has 2 aliphatic heterocycles. The molecule has 4 rings (SSSR count). The number of aryl methyl sites for hydroxylation is 1. The number of carbonyl (C=O) groups excluding carboxylic acids is 3. The van der Waals surface area contributed by atoms with Gasteiger partial charge in [0, 0.05) is 17.9 Å². The van der Waals surface area contributed by atoms with Crippen molar-refractivity contribution in [2.45, 2.75) is 56.9 Å². The van der Waals surface area contributed by atoms with Gasteiger partial charge in [0.2, 0.25) is 0 Å². The molecule has 0 aromatic heterocycles. The fourth-order valence-electron chi connectivity index (χ4n) is 4.40. The summed E-state index contributed by atoms with van der Waals surface area (Å²) in [6.45, 7) is 0.245. The molecule has 3 atom stereocenters. The standard InChI is InChI=1S/C26H24ClF3O5/c27-18-7-10-23-19(12-18)21(32)13-25(35-23)22(33)11-16-4-9-24(34-14-16)20(31)8-3-15-1-5-17(6-2-15)26(28,29)30/h1-2,5-7,10,12,16,24-25H,3-4,8-9,11,13-14H2/t16-,24-,25?/m0/s1. The van der Waals surface area contributed by atoms with Gasteiger partial charge in [-0.05, 0) is 61.1 Å². The Morgan fingerprint density at radius 1 is 1.00 bits per heavy atom. The number of carbonyl (C=O) groups is 3. The molecular formula is C26H24ClF3O5. The number of fused-ring (bicyclic) bond motifs is 1. The summed E-state index contributed by atoms with van der Waals surface area (Å²) in [5.74, 6) is -0.203. The summed E-state index contributed by atoms with van der Waals surface area (Å²) in [6.07, 6.45) is -4.08. The molecule has 1 fully saturated rings. The van der Waals surface area contributed by atoms with E-state index in [9.17, 15) is 27.6 Å². The lowest BCUT2D eigenvalue weighted by atomic mass is 9.88. The van der Waals surface area contributed by atoms with Crippen molar-refractivity contribution in [2.75, 3.05) is 6.61 Å². The summed E-state index contributed by atoms with van der Waals surface area (Å²) in [4.78, 5) is 37.6. The van der Waals surface area contributed by atoms with Gasteiger partial charge in [0.15, 0.2) is 23.5 Å². The largest absolute Gasteiger partial charge is 0.481 e. The highest BCUT2D eigenvalue weighted by Crippen LogP contribution is 2.32. The first-order valence-electron chi connectivity index (χ1n) is 11.4. The Morgan fingerprint density at radius 2 is 1.74 bits per heavy atom. The van der Waals surface area contributed by atoms with Gasteiger partial charge >= 0.3 is 6.18 Å². The number of ketones is 3. The van der Waals surface area contributed by atoms with Gasteiger partial charge in [0.05, 0.1) is 24.2 Å². The molecule has 2 heterocycles. The van der Waals surface area contributed by atoms with Crippen LogP contribution in [-0.4, -0.2) is 36.2 Å². The fraction of sp³-hybridized carbons (Fsp3) is 0.423. The van der Waals surface area contributed by atoms with Crippen LogP contribution in [0.15, 0.2) is 42.5 Å². The molecule has 2 aromatic rings. The zero-order chi connectivity index (χ0) is 25.2. The Hall–Kier alpha value is -2.71. The topological polar surface area (TPSA) is 69.7 Å². The Bertz CT molecular complexity index is 1100. The molecule has 0 saturated carbocycles. The second-order valence-corrected chi connectivity index (χ2v) is 9.41. The molecule has 0 amide bonds. The summed E-state index contributed by atoms with van der Waals surface area (Å²) < 4.78 is 49.4. The van der Waals surface area contributed by atoms with E-state index in [-0.39, 0.29) is 49.1 Å². The van der Waals surface area contributed by atoms with Gasteiger partial charge in [-0.1, -0.05) is 23.7 Å². The Balaban J connectivity index is 1.22. The number of ether oxygens (including phenoxy) is 2. The summed E-state index contributed by atoms with van der Waals surface area (Å²) in [6, 6.07) is 9.49. The Morgan fingerprint density at radius 3 is 2.40 bits per heavy atom. The van der Waals surface area contributed by atoms with Crippen LogP contribution in [0, 0.1) is 5.92 Å². The number of hydrogen-bond donors (Lipinski definition) is 0. The van der Waals surface area contributed by atoms with E-state index in [0.29, 0.717) is 41.2 Å². The normalized spacial score (nSPS) is 22.3. The highest BCUT2D eigenvalue weighted by molar-refractivity contribution is 6.31. The van der Waals surface area contributed by atoms with E-state index in [2.05, 4.69) is 0 Å². The third-order valence-electron chi connectivity index (χ3n) is 6.40. The first-order valence-corrected chi connectivity index (χ1v) is 11.8. The minimum absolute atomic E-state index is 0.0369. The first kappa shape index (κ1) is 25.4. The molecule has 1 saturated heterocycles. The molecule has 9 heteroatoms. The molecule has 186 valence electrons. The molecule has 1 unspecified atom stereocenters. The molecule has 0 N–H and O–H groups in total. The molecular weight excluding hydrogens is 485 g/mol. The van der Waals surface area contributed by atoms with Crippen LogP contribution >= 0.6 is 11.6 Å². The fourth-order valence-corrected chi connectivity index (χ4v) is 4.57. The van der Waals surface area contributed by atoms with Crippen molar-refractivity contribution in [3.63, 3.8) is 0 Å². The third kappa shape index (κ3) is 6.30. The van der Waals surface area contributed by atoms with Gasteiger partial charge in [-0.2, -0.15) is 13.2 Å². The van der Waals surface area contributed by atoms with Crippen LogP contribution in [-0.2, 0) is 26.9 Å². The van der Waals surface area contributed by atoms with E-state index in [1.165, 1.54) is 18.2 Å². The van der Waals surface area contributed by atoms with Gasteiger partial charge in [-0.15, -0.1) is 0 Å². The van der Waals surface area contributed by atoms with E-state index in [1.54, 1.807) is 12.1 Å². The number of halogens is 4. The molecule has 5 nitrogen and oxygen atoms in total. The van der Waals surface area contributed by atoms with Crippen molar-refractivity contribution in [3.05, 3.63) is 64.2 Å². The number of benzene rings is 2. The average Bonchev–Trinajstić information content (AvgIpc) is 2.83. The molecule has 0 bridgehead atoms. The van der Waals surface area contributed by atoms with Crippen molar-refractivity contribution >= 4 is 29.0 Å². The molecule has 0 radical (unpaired) electrons. The third-order valence-corrected chi connectivity index (χ3v) is 6.64. The number of Topliss-reactive ketones (excluding diaryl/α,β-unsaturated/α-hetero) is 3. The lowest BCUT2D eigenvalue weighted by molar-refractivity contribution is -0.138. The van der Waals surface area contributed by atoms with Gasteiger partial charge in [0.1, 0.15) is 11.9 Å². The zero-order valence-corrected chi connectivity index (χ0v) is 19.5. The maximum absolute atomic E-state index is 12.8. The minimum Gasteiger partial charge on any atom is -0.481 e. The van der Waals surface area contributed by atoms with Gasteiger partial charge in [0.25, 0.3) is 0 Å². The van der Waals surface area contributed by atoms with Gasteiger partial charge in [-0.3, -0.25) is 14.4 Å². The van der Waals surface area contributed by atoms with Crippen LogP contribution in [0.4, 0.5) is 13.2 Å². The second kappa shape index (κ2) is 10.5. The van der Waals surface area contributed by atoms with Crippen LogP contribution < -0.4 is 4.74 Å². The van der Waals surface area contributed by atoms with Crippen LogP contribution in [0.5, 0.6) is 5.75 Å². The smallest absolute Gasteiger partial charge is 0.416 e. The summed E-state index contributed by atoms with van der Waals surface area (Å²) in [5.41, 5.74) is 0.303. The van der Waals surface area contributed by atoms with Crippen LogP contribution in [0.3, 0.4) is 0 Å². The molecule has 2 aromatic carbocycles. The van der Waals surface area contributed by atoms with E-state index in [1.807, 2.05) is 0 Å². The van der Waals surface area contributed by atoms with Crippen molar-refractivity contribution in [2.24, 2.45) is 5.92 Å². The van der Waals surface area contributed by atoms with Crippen molar-refractivity contribution < 1.29 is 37.0 Å². The zero-order valence-electron chi connectivity index (χ0n) is 18.8. The lowest BCUT2D eigenvalue weighted by Gasteiger charge is -2.30. The molecule has 35 heavy (non-hydrogen) atoms. The first-order chi connectivity index (χ1) is 16.6. The summed E-state index contributed by atoms with van der Waals surface area (Å²) >= 11 is 5.93. The van der Waals surface area contributed by atoms with Gasteiger partial charge < -0.3 is 9.47 Å². The van der Waals surface area contributed by atoms with E-state index in [4.69, 9.17) is 21.1 Å². The highest BCUT2D eigenvalue weighted by Gasteiger charge is 2.35. The average molecular weight is 509 g/mol. The van der Waals surface area contributed by atoms with Crippen LogP contribution in [0.2, 0.25) is 5.02 Å². The number of alkyl halides is 3. The predicted molar refractivity (Wildman–Crippen MR) is 122 cm³/mol. The molecule has 2 aliphatic rings. The van der Waals surface area contributed by atoms with Crippen molar-refractivity contribution in [1.82, 2.24) is 0 Å².